The Labute approximate surface area is 106 Å². The summed E-state index contributed by atoms with van der Waals surface area (Å²) in [6.45, 7) is 8.99. The number of rotatable bonds is 4. The molecule has 2 N–H and O–H groups in total. The highest BCUT2D eigenvalue weighted by Gasteiger charge is 2.24. The number of hydrogen-bond donors (Lipinski definition) is 2. The van der Waals surface area contributed by atoms with Crippen molar-refractivity contribution in [2.75, 3.05) is 0 Å². The summed E-state index contributed by atoms with van der Waals surface area (Å²) in [5.41, 5.74) is 1.29. The van der Waals surface area contributed by atoms with Crippen molar-refractivity contribution < 1.29 is 19.4 Å². The van der Waals surface area contributed by atoms with E-state index in [2.05, 4.69) is 4.98 Å². The van der Waals surface area contributed by atoms with Gasteiger partial charge >= 0.3 is 11.9 Å². The maximum atomic E-state index is 12.0. The molecule has 1 rings (SSSR count). The normalized spacial score (nSPS) is 12.6. The predicted molar refractivity (Wildman–Crippen MR) is 66.9 cm³/mol. The third-order valence-electron chi connectivity index (χ3n) is 3.09. The predicted octanol–water partition coefficient (Wildman–Crippen LogP) is 2.53. The fraction of sp³-hybridized carbons (Fsp3) is 0.538. The first-order valence-electron chi connectivity index (χ1n) is 5.89. The van der Waals surface area contributed by atoms with E-state index in [-0.39, 0.29) is 17.7 Å². The number of aryl methyl sites for hydroxylation is 1. The van der Waals surface area contributed by atoms with Gasteiger partial charge < -0.3 is 14.8 Å². The number of aromatic nitrogens is 1. The van der Waals surface area contributed by atoms with Gasteiger partial charge in [-0.25, -0.2) is 9.59 Å². The third-order valence-corrected chi connectivity index (χ3v) is 3.09. The van der Waals surface area contributed by atoms with Crippen molar-refractivity contribution >= 4 is 11.9 Å². The lowest BCUT2D eigenvalue weighted by Gasteiger charge is -2.16. The third kappa shape index (κ3) is 2.72. The van der Waals surface area contributed by atoms with Gasteiger partial charge in [-0.1, -0.05) is 13.8 Å². The Morgan fingerprint density at radius 3 is 2.17 bits per heavy atom. The molecule has 0 radical (unpaired) electrons. The van der Waals surface area contributed by atoms with Gasteiger partial charge in [0.1, 0.15) is 11.8 Å². The smallest absolute Gasteiger partial charge is 0.352 e. The van der Waals surface area contributed by atoms with Gasteiger partial charge in [-0.2, -0.15) is 0 Å². The quantitative estimate of drug-likeness (QED) is 0.808. The zero-order valence-corrected chi connectivity index (χ0v) is 11.3. The minimum Gasteiger partial charge on any atom is -0.477 e. The van der Waals surface area contributed by atoms with Gasteiger partial charge in [0, 0.05) is 5.69 Å². The molecule has 0 bridgehead atoms. The summed E-state index contributed by atoms with van der Waals surface area (Å²) in [6.07, 6.45) is -0.209. The van der Waals surface area contributed by atoms with Crippen molar-refractivity contribution in [2.45, 2.75) is 40.7 Å². The van der Waals surface area contributed by atoms with Crippen molar-refractivity contribution in [2.24, 2.45) is 5.92 Å². The summed E-state index contributed by atoms with van der Waals surface area (Å²) in [5.74, 6) is -1.34. The Morgan fingerprint density at radius 1 is 1.22 bits per heavy atom. The molecular formula is C13H19NO4. The van der Waals surface area contributed by atoms with Gasteiger partial charge in [0.15, 0.2) is 0 Å². The molecule has 0 aromatic carbocycles. The summed E-state index contributed by atoms with van der Waals surface area (Å²) in [7, 11) is 0. The number of aromatic carboxylic acids is 1. The van der Waals surface area contributed by atoms with Crippen molar-refractivity contribution in [1.29, 1.82) is 0 Å². The highest BCUT2D eigenvalue weighted by molar-refractivity contribution is 5.98. The van der Waals surface area contributed by atoms with Crippen LogP contribution in [0.4, 0.5) is 0 Å². The maximum Gasteiger partial charge on any atom is 0.352 e. The summed E-state index contributed by atoms with van der Waals surface area (Å²) >= 11 is 0. The molecule has 0 fully saturated rings. The van der Waals surface area contributed by atoms with E-state index in [9.17, 15) is 9.59 Å². The largest absolute Gasteiger partial charge is 0.477 e. The number of aromatic amines is 1. The molecular weight excluding hydrogens is 234 g/mol. The molecule has 0 amide bonds. The summed E-state index contributed by atoms with van der Waals surface area (Å²) in [4.78, 5) is 25.7. The Morgan fingerprint density at radius 2 is 1.78 bits per heavy atom. The molecule has 0 aliphatic carbocycles. The van der Waals surface area contributed by atoms with Crippen molar-refractivity contribution in [3.05, 3.63) is 22.5 Å². The average Bonchev–Trinajstić information content (AvgIpc) is 2.53. The van der Waals surface area contributed by atoms with E-state index in [4.69, 9.17) is 9.84 Å². The van der Waals surface area contributed by atoms with Gasteiger partial charge in [-0.3, -0.25) is 0 Å². The lowest BCUT2D eigenvalue weighted by molar-refractivity contribution is 0.0236. The average molecular weight is 253 g/mol. The Kier molecular flexibility index (Phi) is 4.16. The SMILES string of the molecule is Cc1[nH]c(C(=O)O)c(C)c1C(=O)OC(C)C(C)C. The van der Waals surface area contributed by atoms with Crippen LogP contribution in [0.3, 0.4) is 0 Å². The molecule has 1 unspecified atom stereocenters. The Hall–Kier alpha value is -1.78. The zero-order chi connectivity index (χ0) is 14.0. The second-order valence-corrected chi connectivity index (χ2v) is 4.78. The maximum absolute atomic E-state index is 12.0. The van der Waals surface area contributed by atoms with E-state index in [1.807, 2.05) is 20.8 Å². The number of carboxylic acid groups (broad SMARTS) is 1. The van der Waals surface area contributed by atoms with Gasteiger partial charge in [-0.15, -0.1) is 0 Å². The van der Waals surface area contributed by atoms with E-state index in [1.165, 1.54) is 0 Å². The first-order chi connectivity index (χ1) is 8.25. The summed E-state index contributed by atoms with van der Waals surface area (Å²) in [5, 5.41) is 8.97. The second-order valence-electron chi connectivity index (χ2n) is 4.78. The number of ether oxygens (including phenoxy) is 1. The van der Waals surface area contributed by atoms with Crippen LogP contribution in [0.5, 0.6) is 0 Å². The number of nitrogens with one attached hydrogen (secondary N) is 1. The number of H-pyrrole nitrogens is 1. The first kappa shape index (κ1) is 14.3. The minimum atomic E-state index is -1.08. The molecule has 1 aromatic heterocycles. The van der Waals surface area contributed by atoms with Gasteiger partial charge in [0.25, 0.3) is 0 Å². The molecule has 1 heterocycles. The summed E-state index contributed by atoms with van der Waals surface area (Å²) < 4.78 is 5.30. The number of carboxylic acids is 1. The monoisotopic (exact) mass is 253 g/mol. The van der Waals surface area contributed by atoms with Crippen LogP contribution in [0, 0.1) is 19.8 Å². The van der Waals surface area contributed by atoms with Crippen LogP contribution in [0.1, 0.15) is 52.9 Å². The highest BCUT2D eigenvalue weighted by atomic mass is 16.5. The molecule has 1 atom stereocenters. The molecule has 0 saturated heterocycles. The van der Waals surface area contributed by atoms with E-state index in [0.717, 1.165) is 0 Å². The highest BCUT2D eigenvalue weighted by Crippen LogP contribution is 2.20. The van der Waals surface area contributed by atoms with Crippen LogP contribution < -0.4 is 0 Å². The first-order valence-corrected chi connectivity index (χ1v) is 5.89. The fourth-order valence-electron chi connectivity index (χ4n) is 1.63. The zero-order valence-electron chi connectivity index (χ0n) is 11.3. The molecule has 1 aromatic rings. The number of hydrogen-bond acceptors (Lipinski definition) is 3. The molecule has 0 spiro atoms. The molecule has 5 heteroatoms. The van der Waals surface area contributed by atoms with E-state index >= 15 is 0 Å². The van der Waals surface area contributed by atoms with Crippen LogP contribution in [0.15, 0.2) is 0 Å². The summed E-state index contributed by atoms with van der Waals surface area (Å²) in [6, 6.07) is 0. The van der Waals surface area contributed by atoms with Crippen molar-refractivity contribution in [3.63, 3.8) is 0 Å². The van der Waals surface area contributed by atoms with Gasteiger partial charge in [0.2, 0.25) is 0 Å². The van der Waals surface area contributed by atoms with Crippen molar-refractivity contribution in [1.82, 2.24) is 4.98 Å². The van der Waals surface area contributed by atoms with Crippen LogP contribution in [0.25, 0.3) is 0 Å². The van der Waals surface area contributed by atoms with Crippen LogP contribution in [-0.4, -0.2) is 28.1 Å². The van der Waals surface area contributed by atoms with Gasteiger partial charge in [-0.05, 0) is 32.3 Å². The Bertz CT molecular complexity index is 474. The molecule has 100 valence electrons. The molecule has 0 aliphatic heterocycles. The standard InChI is InChI=1S/C13H19NO4/c1-6(2)9(5)18-13(17)10-7(3)11(12(15)16)14-8(10)4/h6,9,14H,1-5H3,(H,15,16). The van der Waals surface area contributed by atoms with E-state index in [0.29, 0.717) is 16.8 Å². The van der Waals surface area contributed by atoms with E-state index < -0.39 is 11.9 Å². The van der Waals surface area contributed by atoms with Gasteiger partial charge in [0.05, 0.1) is 5.56 Å². The van der Waals surface area contributed by atoms with Crippen LogP contribution >= 0.6 is 0 Å². The van der Waals surface area contributed by atoms with Crippen molar-refractivity contribution in [3.8, 4) is 0 Å². The number of carbonyl (C=O) groups excluding carboxylic acids is 1. The minimum absolute atomic E-state index is 0.0386. The molecule has 18 heavy (non-hydrogen) atoms. The number of carbonyl (C=O) groups is 2. The van der Waals surface area contributed by atoms with Crippen LogP contribution in [0.2, 0.25) is 0 Å². The lowest BCUT2D eigenvalue weighted by atomic mass is 10.1. The number of esters is 1. The molecule has 5 nitrogen and oxygen atoms in total. The Balaban J connectivity index is 3.03. The van der Waals surface area contributed by atoms with Crippen LogP contribution in [-0.2, 0) is 4.74 Å². The molecule has 0 saturated carbocycles. The second kappa shape index (κ2) is 5.25. The fourth-order valence-corrected chi connectivity index (χ4v) is 1.63. The molecule has 0 aliphatic rings. The topological polar surface area (TPSA) is 79.4 Å². The van der Waals surface area contributed by atoms with E-state index in [1.54, 1.807) is 13.8 Å². The lowest BCUT2D eigenvalue weighted by Crippen LogP contribution is -2.21.